The molecule has 0 saturated heterocycles. The van der Waals surface area contributed by atoms with Gasteiger partial charge in [0.05, 0.1) is 13.6 Å². The van der Waals surface area contributed by atoms with E-state index >= 15 is 0 Å². The van der Waals surface area contributed by atoms with Crippen LogP contribution in [-0.4, -0.2) is 26.7 Å². The first-order chi connectivity index (χ1) is 5.81. The van der Waals surface area contributed by atoms with Gasteiger partial charge in [0.15, 0.2) is 0 Å². The SMILES string of the molecule is CCC(C)CNCCCC[NH2+]C. The second-order valence-electron chi connectivity index (χ2n) is 3.62. The van der Waals surface area contributed by atoms with Crippen LogP contribution in [0.4, 0.5) is 0 Å². The van der Waals surface area contributed by atoms with Gasteiger partial charge in [-0.1, -0.05) is 20.3 Å². The van der Waals surface area contributed by atoms with Crippen LogP contribution in [0.5, 0.6) is 0 Å². The smallest absolute Gasteiger partial charge is 0.0753 e. The zero-order valence-corrected chi connectivity index (χ0v) is 8.90. The molecule has 0 aliphatic heterocycles. The molecule has 3 N–H and O–H groups in total. The van der Waals surface area contributed by atoms with E-state index in [0.29, 0.717) is 0 Å². The van der Waals surface area contributed by atoms with Crippen molar-refractivity contribution in [1.29, 1.82) is 0 Å². The second-order valence-corrected chi connectivity index (χ2v) is 3.62. The summed E-state index contributed by atoms with van der Waals surface area (Å²) in [7, 11) is 2.13. The first-order valence-electron chi connectivity index (χ1n) is 5.29. The molecule has 0 heterocycles. The van der Waals surface area contributed by atoms with Crippen LogP contribution in [0, 0.1) is 5.92 Å². The number of nitrogens with one attached hydrogen (secondary N) is 1. The average Bonchev–Trinajstić information content (AvgIpc) is 2.10. The molecule has 1 unspecified atom stereocenters. The first kappa shape index (κ1) is 11.9. The molecule has 74 valence electrons. The molecule has 0 spiro atoms. The largest absolute Gasteiger partial charge is 0.349 e. The quantitative estimate of drug-likeness (QED) is 0.517. The van der Waals surface area contributed by atoms with E-state index in [2.05, 4.69) is 31.5 Å². The fraction of sp³-hybridized carbons (Fsp3) is 1.00. The second kappa shape index (κ2) is 9.01. The van der Waals surface area contributed by atoms with Crippen LogP contribution in [0.25, 0.3) is 0 Å². The van der Waals surface area contributed by atoms with Crippen LogP contribution in [0.3, 0.4) is 0 Å². The van der Waals surface area contributed by atoms with Gasteiger partial charge in [-0.25, -0.2) is 0 Å². The number of quaternary nitrogens is 1. The van der Waals surface area contributed by atoms with Gasteiger partial charge < -0.3 is 10.6 Å². The van der Waals surface area contributed by atoms with Crippen molar-refractivity contribution in [3.63, 3.8) is 0 Å². The van der Waals surface area contributed by atoms with E-state index in [4.69, 9.17) is 0 Å². The third-order valence-corrected chi connectivity index (χ3v) is 2.29. The van der Waals surface area contributed by atoms with Gasteiger partial charge in [0.25, 0.3) is 0 Å². The Balaban J connectivity index is 2.90. The summed E-state index contributed by atoms with van der Waals surface area (Å²) < 4.78 is 0. The molecule has 0 aromatic heterocycles. The van der Waals surface area contributed by atoms with Gasteiger partial charge in [0.2, 0.25) is 0 Å². The summed E-state index contributed by atoms with van der Waals surface area (Å²) >= 11 is 0. The molecule has 0 bridgehead atoms. The fourth-order valence-electron chi connectivity index (χ4n) is 1.09. The number of rotatable bonds is 8. The minimum Gasteiger partial charge on any atom is -0.349 e. The lowest BCUT2D eigenvalue weighted by molar-refractivity contribution is -0.627. The third-order valence-electron chi connectivity index (χ3n) is 2.29. The van der Waals surface area contributed by atoms with E-state index in [1.807, 2.05) is 0 Å². The Kier molecular flexibility index (Phi) is 8.95. The fourth-order valence-corrected chi connectivity index (χ4v) is 1.09. The molecule has 0 saturated carbocycles. The number of nitrogens with two attached hydrogens (primary N) is 1. The van der Waals surface area contributed by atoms with Gasteiger partial charge in [-0.3, -0.25) is 0 Å². The molecule has 2 nitrogen and oxygen atoms in total. The molecule has 0 rings (SSSR count). The van der Waals surface area contributed by atoms with Crippen molar-refractivity contribution in [2.45, 2.75) is 33.1 Å². The molecule has 0 aromatic rings. The highest BCUT2D eigenvalue weighted by Crippen LogP contribution is 1.96. The molecule has 12 heavy (non-hydrogen) atoms. The zero-order valence-electron chi connectivity index (χ0n) is 8.90. The lowest BCUT2D eigenvalue weighted by atomic mass is 10.1. The summed E-state index contributed by atoms with van der Waals surface area (Å²) in [6.45, 7) is 8.20. The Hall–Kier alpha value is -0.0800. The van der Waals surface area contributed by atoms with Gasteiger partial charge in [-0.2, -0.15) is 0 Å². The van der Waals surface area contributed by atoms with Crippen LogP contribution in [-0.2, 0) is 0 Å². The lowest BCUT2D eigenvalue weighted by Crippen LogP contribution is -2.79. The molecule has 2 heteroatoms. The minimum absolute atomic E-state index is 0.836. The topological polar surface area (TPSA) is 28.6 Å². The summed E-state index contributed by atoms with van der Waals surface area (Å²) in [6, 6.07) is 0. The minimum atomic E-state index is 0.836. The standard InChI is InChI=1S/C10H24N2/c1-4-10(2)9-12-8-6-5-7-11-3/h10-12H,4-9H2,1-3H3/p+1. The molecule has 0 amide bonds. The summed E-state index contributed by atoms with van der Waals surface area (Å²) in [5.74, 6) is 0.836. The molecular formula is C10H25N2+. The van der Waals surface area contributed by atoms with Crippen LogP contribution in [0.15, 0.2) is 0 Å². The van der Waals surface area contributed by atoms with Gasteiger partial charge in [-0.15, -0.1) is 0 Å². The molecule has 0 radical (unpaired) electrons. The Labute approximate surface area is 77.1 Å². The number of unbranched alkanes of at least 4 members (excludes halogenated alkanes) is 1. The Morgan fingerprint density at radius 3 is 2.67 bits per heavy atom. The Morgan fingerprint density at radius 2 is 2.08 bits per heavy atom. The highest BCUT2D eigenvalue weighted by atomic mass is 14.9. The monoisotopic (exact) mass is 173 g/mol. The van der Waals surface area contributed by atoms with Crippen molar-refractivity contribution < 1.29 is 5.32 Å². The van der Waals surface area contributed by atoms with E-state index in [1.165, 1.54) is 38.9 Å². The van der Waals surface area contributed by atoms with Crippen LogP contribution in [0.1, 0.15) is 33.1 Å². The van der Waals surface area contributed by atoms with Gasteiger partial charge >= 0.3 is 0 Å². The first-order valence-corrected chi connectivity index (χ1v) is 5.29. The van der Waals surface area contributed by atoms with Crippen molar-refractivity contribution in [2.24, 2.45) is 5.92 Å². The molecule has 0 fully saturated rings. The molecule has 1 atom stereocenters. The van der Waals surface area contributed by atoms with Crippen molar-refractivity contribution in [2.75, 3.05) is 26.7 Å². The maximum absolute atomic E-state index is 3.48. The van der Waals surface area contributed by atoms with Crippen molar-refractivity contribution in [3.8, 4) is 0 Å². The van der Waals surface area contributed by atoms with Crippen LogP contribution in [0.2, 0.25) is 0 Å². The zero-order chi connectivity index (χ0) is 9.23. The molecule has 0 aromatic carbocycles. The lowest BCUT2D eigenvalue weighted by Gasteiger charge is -2.09. The maximum atomic E-state index is 3.48. The van der Waals surface area contributed by atoms with E-state index in [-0.39, 0.29) is 0 Å². The van der Waals surface area contributed by atoms with Crippen molar-refractivity contribution in [3.05, 3.63) is 0 Å². The molecule has 0 aliphatic rings. The molecular weight excluding hydrogens is 148 g/mol. The Bertz CT molecular complexity index is 83.9. The summed E-state index contributed by atoms with van der Waals surface area (Å²) in [6.07, 6.45) is 3.94. The number of hydrogen-bond acceptors (Lipinski definition) is 1. The Morgan fingerprint density at radius 1 is 1.33 bits per heavy atom. The van der Waals surface area contributed by atoms with Crippen molar-refractivity contribution >= 4 is 0 Å². The average molecular weight is 173 g/mol. The third kappa shape index (κ3) is 8.02. The van der Waals surface area contributed by atoms with Crippen LogP contribution >= 0.6 is 0 Å². The maximum Gasteiger partial charge on any atom is 0.0753 e. The summed E-state index contributed by atoms with van der Waals surface area (Å²) in [5, 5.41) is 5.73. The molecule has 0 aliphatic carbocycles. The van der Waals surface area contributed by atoms with E-state index in [9.17, 15) is 0 Å². The van der Waals surface area contributed by atoms with E-state index in [1.54, 1.807) is 0 Å². The van der Waals surface area contributed by atoms with Gasteiger partial charge in [0.1, 0.15) is 0 Å². The summed E-state index contributed by atoms with van der Waals surface area (Å²) in [4.78, 5) is 0. The van der Waals surface area contributed by atoms with Crippen molar-refractivity contribution in [1.82, 2.24) is 5.32 Å². The highest BCUT2D eigenvalue weighted by molar-refractivity contribution is 4.54. The number of hydrogen-bond donors (Lipinski definition) is 2. The summed E-state index contributed by atoms with van der Waals surface area (Å²) in [5.41, 5.74) is 0. The normalized spacial score (nSPS) is 13.2. The van der Waals surface area contributed by atoms with Crippen LogP contribution < -0.4 is 10.6 Å². The van der Waals surface area contributed by atoms with Gasteiger partial charge in [0, 0.05) is 0 Å². The predicted octanol–water partition coefficient (Wildman–Crippen LogP) is 0.596. The highest BCUT2D eigenvalue weighted by Gasteiger charge is 1.96. The predicted molar refractivity (Wildman–Crippen MR) is 54.3 cm³/mol. The van der Waals surface area contributed by atoms with E-state index in [0.717, 1.165) is 5.92 Å². The van der Waals surface area contributed by atoms with E-state index < -0.39 is 0 Å². The van der Waals surface area contributed by atoms with Gasteiger partial charge in [-0.05, 0) is 31.8 Å².